The van der Waals surface area contributed by atoms with Crippen molar-refractivity contribution in [1.29, 1.82) is 0 Å². The molecule has 0 heterocycles. The number of hydrogen-bond donors (Lipinski definition) is 1. The highest BCUT2D eigenvalue weighted by Gasteiger charge is 2.36. The molecule has 0 aromatic heterocycles. The molecule has 1 N–H and O–H groups in total. The molecule has 46 heavy (non-hydrogen) atoms. The Morgan fingerprint density at radius 2 is 1.50 bits per heavy atom. The minimum Gasteiger partial charge on any atom is -0.355 e. The number of alkyl halides is 3. The molecule has 0 saturated carbocycles. The third-order valence-corrected chi connectivity index (χ3v) is 9.03. The fourth-order valence-electron chi connectivity index (χ4n) is 4.84. The number of halogens is 4. The van der Waals surface area contributed by atoms with E-state index >= 15 is 0 Å². The van der Waals surface area contributed by atoms with Crippen molar-refractivity contribution in [3.05, 3.63) is 131 Å². The van der Waals surface area contributed by atoms with Crippen molar-refractivity contribution < 1.29 is 35.6 Å². The summed E-state index contributed by atoms with van der Waals surface area (Å²) in [7, 11) is -4.59. The van der Waals surface area contributed by atoms with Crippen molar-refractivity contribution in [2.75, 3.05) is 17.4 Å². The second-order valence-corrected chi connectivity index (χ2v) is 12.5. The molecule has 4 aromatic carbocycles. The minimum atomic E-state index is -4.78. The first-order valence-electron chi connectivity index (χ1n) is 14.4. The lowest BCUT2D eigenvalue weighted by Gasteiger charge is -2.34. The van der Waals surface area contributed by atoms with Gasteiger partial charge in [0.25, 0.3) is 10.0 Å². The van der Waals surface area contributed by atoms with Gasteiger partial charge in [-0.15, -0.1) is 0 Å². The third kappa shape index (κ3) is 8.51. The van der Waals surface area contributed by atoms with Crippen LogP contribution in [0.2, 0.25) is 0 Å². The summed E-state index contributed by atoms with van der Waals surface area (Å²) < 4.78 is 83.5. The molecule has 242 valence electrons. The van der Waals surface area contributed by atoms with Gasteiger partial charge in [0.1, 0.15) is 18.4 Å². The van der Waals surface area contributed by atoms with Crippen LogP contribution in [0.5, 0.6) is 0 Å². The predicted molar refractivity (Wildman–Crippen MR) is 167 cm³/mol. The molecule has 0 spiro atoms. The highest BCUT2D eigenvalue weighted by molar-refractivity contribution is 7.92. The molecule has 4 rings (SSSR count). The number of hydrogen-bond acceptors (Lipinski definition) is 4. The van der Waals surface area contributed by atoms with Crippen LogP contribution in [0.1, 0.15) is 29.2 Å². The summed E-state index contributed by atoms with van der Waals surface area (Å²) in [6.07, 6.45) is -4.74. The molecular weight excluding hydrogens is 622 g/mol. The van der Waals surface area contributed by atoms with E-state index in [0.717, 1.165) is 17.7 Å². The lowest BCUT2D eigenvalue weighted by Crippen LogP contribution is -2.53. The number of nitrogens with zero attached hydrogens (tertiary/aromatic N) is 2. The fraction of sp³-hybridized carbons (Fsp3) is 0.235. The smallest absolute Gasteiger partial charge is 0.355 e. The van der Waals surface area contributed by atoms with E-state index in [4.69, 9.17) is 0 Å². The maximum absolute atomic E-state index is 14.3. The summed E-state index contributed by atoms with van der Waals surface area (Å²) in [5, 5.41) is 2.72. The molecule has 7 nitrogen and oxygen atoms in total. The molecule has 12 heteroatoms. The second-order valence-electron chi connectivity index (χ2n) is 10.6. The standard InChI is InChI=1S/C34H33F4N3O4S/c1-3-39-33(43)31(20-25-8-5-4-6-9-25)40(22-26-14-16-28(35)17-15-26)32(42)23-41(29-11-7-10-27(21-29)34(36,37)38)46(44,45)30-18-12-24(2)13-19-30/h4-19,21,31H,3,20,22-23H2,1-2H3,(H,39,43)/t31-/m0/s1. The zero-order valence-electron chi connectivity index (χ0n) is 25.2. The quantitative estimate of drug-likeness (QED) is 0.186. The minimum absolute atomic E-state index is 0.0495. The average molecular weight is 656 g/mol. The normalized spacial score (nSPS) is 12.3. The number of carbonyl (C=O) groups is 2. The first-order valence-corrected chi connectivity index (χ1v) is 15.9. The Morgan fingerprint density at radius 3 is 2.11 bits per heavy atom. The number of amides is 2. The molecule has 0 fully saturated rings. The zero-order chi connectivity index (χ0) is 33.5. The Labute approximate surface area is 265 Å². The Kier molecular flexibility index (Phi) is 10.8. The van der Waals surface area contributed by atoms with Crippen LogP contribution in [0.15, 0.2) is 108 Å². The number of sulfonamides is 1. The predicted octanol–water partition coefficient (Wildman–Crippen LogP) is 6.12. The van der Waals surface area contributed by atoms with Crippen LogP contribution in [0.25, 0.3) is 0 Å². The average Bonchev–Trinajstić information content (AvgIpc) is 3.02. The van der Waals surface area contributed by atoms with E-state index in [2.05, 4.69) is 5.32 Å². The molecule has 2 amide bonds. The van der Waals surface area contributed by atoms with Crippen LogP contribution in [0, 0.1) is 12.7 Å². The number of likely N-dealkylation sites (N-methyl/N-ethyl adjacent to an activating group) is 1. The zero-order valence-corrected chi connectivity index (χ0v) is 26.0. The van der Waals surface area contributed by atoms with Crippen molar-refractivity contribution in [2.45, 2.75) is 43.9 Å². The van der Waals surface area contributed by atoms with Crippen molar-refractivity contribution >= 4 is 27.5 Å². The molecule has 0 unspecified atom stereocenters. The van der Waals surface area contributed by atoms with E-state index in [1.807, 2.05) is 0 Å². The van der Waals surface area contributed by atoms with Gasteiger partial charge >= 0.3 is 6.18 Å². The molecule has 0 aliphatic heterocycles. The van der Waals surface area contributed by atoms with Gasteiger partial charge in [0.05, 0.1) is 16.1 Å². The first-order chi connectivity index (χ1) is 21.8. The number of anilines is 1. The number of nitrogens with one attached hydrogen (secondary N) is 1. The Bertz CT molecular complexity index is 1750. The van der Waals surface area contributed by atoms with E-state index < -0.39 is 52.0 Å². The number of carbonyl (C=O) groups excluding carboxylic acids is 2. The number of rotatable bonds is 12. The second kappa shape index (κ2) is 14.6. The van der Waals surface area contributed by atoms with Gasteiger partial charge in [-0.05, 0) is 67.4 Å². The maximum atomic E-state index is 14.3. The van der Waals surface area contributed by atoms with Crippen molar-refractivity contribution in [2.24, 2.45) is 0 Å². The van der Waals surface area contributed by atoms with Crippen LogP contribution in [0.4, 0.5) is 23.2 Å². The summed E-state index contributed by atoms with van der Waals surface area (Å²) in [5.74, 6) is -1.90. The van der Waals surface area contributed by atoms with Crippen LogP contribution < -0.4 is 9.62 Å². The number of benzene rings is 4. The third-order valence-electron chi connectivity index (χ3n) is 7.24. The van der Waals surface area contributed by atoms with Crippen LogP contribution in [0.3, 0.4) is 0 Å². The van der Waals surface area contributed by atoms with Gasteiger partial charge in [0.2, 0.25) is 11.8 Å². The Hall–Kier alpha value is -4.71. The molecule has 0 aliphatic rings. The lowest BCUT2D eigenvalue weighted by molar-refractivity contribution is -0.140. The van der Waals surface area contributed by atoms with Gasteiger partial charge in [0.15, 0.2) is 0 Å². The highest BCUT2D eigenvalue weighted by Crippen LogP contribution is 2.33. The molecule has 0 saturated heterocycles. The summed E-state index contributed by atoms with van der Waals surface area (Å²) in [6, 6.07) is 22.3. The van der Waals surface area contributed by atoms with Gasteiger partial charge < -0.3 is 10.2 Å². The fourth-order valence-corrected chi connectivity index (χ4v) is 6.24. The van der Waals surface area contributed by atoms with Crippen LogP contribution in [-0.2, 0) is 38.8 Å². The van der Waals surface area contributed by atoms with Gasteiger partial charge in [-0.25, -0.2) is 12.8 Å². The number of aryl methyl sites for hydroxylation is 1. The van der Waals surface area contributed by atoms with E-state index in [1.165, 1.54) is 59.5 Å². The van der Waals surface area contributed by atoms with Crippen LogP contribution in [-0.4, -0.2) is 44.3 Å². The Morgan fingerprint density at radius 1 is 0.848 bits per heavy atom. The van der Waals surface area contributed by atoms with Crippen molar-refractivity contribution in [3.63, 3.8) is 0 Å². The van der Waals surface area contributed by atoms with E-state index in [0.29, 0.717) is 21.5 Å². The summed E-state index contributed by atoms with van der Waals surface area (Å²) in [6.45, 7) is 2.54. The van der Waals surface area contributed by atoms with Crippen LogP contribution >= 0.6 is 0 Å². The van der Waals surface area contributed by atoms with E-state index in [-0.39, 0.29) is 30.1 Å². The lowest BCUT2D eigenvalue weighted by atomic mass is 10.0. The van der Waals surface area contributed by atoms with Crippen molar-refractivity contribution in [3.8, 4) is 0 Å². The molecule has 4 aromatic rings. The largest absolute Gasteiger partial charge is 0.416 e. The van der Waals surface area contributed by atoms with Gasteiger partial charge in [-0.2, -0.15) is 13.2 Å². The molecule has 1 atom stereocenters. The van der Waals surface area contributed by atoms with E-state index in [1.54, 1.807) is 44.2 Å². The first kappa shape index (κ1) is 34.2. The molecule has 0 bridgehead atoms. The van der Waals surface area contributed by atoms with Gasteiger partial charge in [-0.1, -0.05) is 66.2 Å². The summed E-state index contributed by atoms with van der Waals surface area (Å²) >= 11 is 0. The summed E-state index contributed by atoms with van der Waals surface area (Å²) in [5.41, 5.74) is 0.413. The summed E-state index contributed by atoms with van der Waals surface area (Å²) in [4.78, 5) is 28.7. The monoisotopic (exact) mass is 655 g/mol. The Balaban J connectivity index is 1.83. The molecular formula is C34H33F4N3O4S. The highest BCUT2D eigenvalue weighted by atomic mass is 32.2. The van der Waals surface area contributed by atoms with Crippen molar-refractivity contribution in [1.82, 2.24) is 10.2 Å². The van der Waals surface area contributed by atoms with Gasteiger partial charge in [0, 0.05) is 19.5 Å². The van der Waals surface area contributed by atoms with E-state index in [9.17, 15) is 35.6 Å². The van der Waals surface area contributed by atoms with Gasteiger partial charge in [-0.3, -0.25) is 13.9 Å². The maximum Gasteiger partial charge on any atom is 0.416 e. The topological polar surface area (TPSA) is 86.8 Å². The molecule has 0 aliphatic carbocycles. The molecule has 0 radical (unpaired) electrons. The SMILES string of the molecule is CCNC(=O)[C@H](Cc1ccccc1)N(Cc1ccc(F)cc1)C(=O)CN(c1cccc(C(F)(F)F)c1)S(=O)(=O)c1ccc(C)cc1.